The molecule has 1 amide bonds. The Bertz CT molecular complexity index is 1140. The Labute approximate surface area is 189 Å². The Morgan fingerprint density at radius 2 is 1.53 bits per heavy atom. The second-order valence-electron chi connectivity index (χ2n) is 7.35. The molecule has 3 aromatic rings. The summed E-state index contributed by atoms with van der Waals surface area (Å²) in [6, 6.07) is 20.7. The Hall–Kier alpha value is -3.32. The minimum atomic E-state index is -3.96. The van der Waals surface area contributed by atoms with Crippen LogP contribution in [0.4, 0.5) is 11.4 Å². The van der Waals surface area contributed by atoms with E-state index >= 15 is 0 Å². The second-order valence-corrected chi connectivity index (χ2v) is 9.21. The van der Waals surface area contributed by atoms with Crippen LogP contribution < -0.4 is 14.4 Å². The standard InChI is InChI=1S/C25H28N2O4S/c1-4-20-8-10-21(11-9-20)26-25(28)18-27(22-12-14-23(15-13-22)31-5-2)32(29,30)24-16-6-19(3)7-17-24/h6-17H,4-5,18H2,1-3H3,(H,26,28). The van der Waals surface area contributed by atoms with Gasteiger partial charge in [-0.2, -0.15) is 0 Å². The molecule has 0 saturated carbocycles. The zero-order chi connectivity index (χ0) is 23.1. The smallest absolute Gasteiger partial charge is 0.264 e. The van der Waals surface area contributed by atoms with E-state index in [1.54, 1.807) is 48.5 Å². The van der Waals surface area contributed by atoms with E-state index in [4.69, 9.17) is 4.74 Å². The van der Waals surface area contributed by atoms with Gasteiger partial charge < -0.3 is 10.1 Å². The average molecular weight is 453 g/mol. The maximum Gasteiger partial charge on any atom is 0.264 e. The Morgan fingerprint density at radius 1 is 0.906 bits per heavy atom. The first-order valence-corrected chi connectivity index (χ1v) is 12.0. The molecule has 0 fully saturated rings. The second kappa shape index (κ2) is 10.3. The van der Waals surface area contributed by atoms with Crippen LogP contribution in [0.2, 0.25) is 0 Å². The summed E-state index contributed by atoms with van der Waals surface area (Å²) in [4.78, 5) is 12.9. The molecule has 0 atom stereocenters. The minimum Gasteiger partial charge on any atom is -0.494 e. The van der Waals surface area contributed by atoms with Gasteiger partial charge in [0.15, 0.2) is 0 Å². The lowest BCUT2D eigenvalue weighted by molar-refractivity contribution is -0.114. The van der Waals surface area contributed by atoms with Crippen LogP contribution in [-0.4, -0.2) is 27.5 Å². The van der Waals surface area contributed by atoms with Crippen LogP contribution in [0.3, 0.4) is 0 Å². The van der Waals surface area contributed by atoms with Crippen LogP contribution in [0, 0.1) is 6.92 Å². The lowest BCUT2D eigenvalue weighted by Crippen LogP contribution is -2.38. The fraction of sp³-hybridized carbons (Fsp3) is 0.240. The van der Waals surface area contributed by atoms with Gasteiger partial charge in [0.1, 0.15) is 12.3 Å². The van der Waals surface area contributed by atoms with E-state index in [9.17, 15) is 13.2 Å². The van der Waals surface area contributed by atoms with Crippen molar-refractivity contribution < 1.29 is 17.9 Å². The van der Waals surface area contributed by atoms with Crippen molar-refractivity contribution in [3.05, 3.63) is 83.9 Å². The minimum absolute atomic E-state index is 0.122. The van der Waals surface area contributed by atoms with Gasteiger partial charge in [-0.25, -0.2) is 8.42 Å². The number of nitrogens with one attached hydrogen (secondary N) is 1. The summed E-state index contributed by atoms with van der Waals surface area (Å²) in [6.07, 6.45) is 0.897. The molecule has 0 saturated heterocycles. The lowest BCUT2D eigenvalue weighted by Gasteiger charge is -2.24. The monoisotopic (exact) mass is 452 g/mol. The normalized spacial score (nSPS) is 11.1. The third kappa shape index (κ3) is 5.68. The topological polar surface area (TPSA) is 75.7 Å². The van der Waals surface area contributed by atoms with Crippen molar-refractivity contribution >= 4 is 27.3 Å². The highest BCUT2D eigenvalue weighted by molar-refractivity contribution is 7.92. The van der Waals surface area contributed by atoms with Gasteiger partial charge in [0.05, 0.1) is 17.2 Å². The Morgan fingerprint density at radius 3 is 2.09 bits per heavy atom. The van der Waals surface area contributed by atoms with Gasteiger partial charge in [-0.3, -0.25) is 9.10 Å². The van der Waals surface area contributed by atoms with Gasteiger partial charge in [-0.1, -0.05) is 36.8 Å². The SMILES string of the molecule is CCOc1ccc(N(CC(=O)Nc2ccc(CC)cc2)S(=O)(=O)c2ccc(C)cc2)cc1. The number of carbonyl (C=O) groups excluding carboxylic acids is 1. The number of sulfonamides is 1. The van der Waals surface area contributed by atoms with Crippen LogP contribution in [0.1, 0.15) is 25.0 Å². The van der Waals surface area contributed by atoms with E-state index in [2.05, 4.69) is 12.2 Å². The van der Waals surface area contributed by atoms with E-state index in [1.165, 1.54) is 0 Å². The molecule has 0 bridgehead atoms. The summed E-state index contributed by atoms with van der Waals surface area (Å²) in [7, 11) is -3.96. The highest BCUT2D eigenvalue weighted by atomic mass is 32.2. The van der Waals surface area contributed by atoms with Crippen molar-refractivity contribution in [3.63, 3.8) is 0 Å². The number of anilines is 2. The molecule has 0 spiro atoms. The van der Waals surface area contributed by atoms with Crippen molar-refractivity contribution in [2.45, 2.75) is 32.1 Å². The molecule has 0 heterocycles. The Kier molecular flexibility index (Phi) is 7.53. The fourth-order valence-corrected chi connectivity index (χ4v) is 4.60. The Balaban J connectivity index is 1.90. The zero-order valence-electron chi connectivity index (χ0n) is 18.5. The number of hydrogen-bond acceptors (Lipinski definition) is 4. The number of rotatable bonds is 9. The summed E-state index contributed by atoms with van der Waals surface area (Å²) in [5.41, 5.74) is 3.10. The zero-order valence-corrected chi connectivity index (χ0v) is 19.4. The van der Waals surface area contributed by atoms with Crippen molar-refractivity contribution in [1.82, 2.24) is 0 Å². The van der Waals surface area contributed by atoms with Crippen molar-refractivity contribution in [2.75, 3.05) is 22.8 Å². The average Bonchev–Trinajstić information content (AvgIpc) is 2.79. The van der Waals surface area contributed by atoms with Crippen LogP contribution in [0.5, 0.6) is 5.75 Å². The summed E-state index contributed by atoms with van der Waals surface area (Å²) in [6.45, 7) is 5.96. The molecule has 1 N–H and O–H groups in total. The number of carbonyl (C=O) groups is 1. The molecule has 168 valence electrons. The summed E-state index contributed by atoms with van der Waals surface area (Å²) in [5.74, 6) is 0.197. The van der Waals surface area contributed by atoms with E-state index in [0.29, 0.717) is 23.7 Å². The van der Waals surface area contributed by atoms with Gasteiger partial charge in [0.2, 0.25) is 5.91 Å². The van der Waals surface area contributed by atoms with Gasteiger partial charge in [-0.15, -0.1) is 0 Å². The van der Waals surface area contributed by atoms with E-state index in [0.717, 1.165) is 21.9 Å². The lowest BCUT2D eigenvalue weighted by atomic mass is 10.1. The predicted molar refractivity (Wildman–Crippen MR) is 128 cm³/mol. The number of benzene rings is 3. The van der Waals surface area contributed by atoms with Crippen LogP contribution in [0.15, 0.2) is 77.7 Å². The maximum atomic E-state index is 13.4. The van der Waals surface area contributed by atoms with Crippen molar-refractivity contribution in [3.8, 4) is 5.75 Å². The van der Waals surface area contributed by atoms with Crippen LogP contribution in [-0.2, 0) is 21.2 Å². The summed E-state index contributed by atoms with van der Waals surface area (Å²) < 4.78 is 33.5. The van der Waals surface area contributed by atoms with E-state index in [-0.39, 0.29) is 11.4 Å². The number of amides is 1. The third-order valence-electron chi connectivity index (χ3n) is 4.98. The highest BCUT2D eigenvalue weighted by Gasteiger charge is 2.27. The fourth-order valence-electron chi connectivity index (χ4n) is 3.18. The van der Waals surface area contributed by atoms with Crippen molar-refractivity contribution in [2.24, 2.45) is 0 Å². The van der Waals surface area contributed by atoms with Gasteiger partial charge in [0.25, 0.3) is 10.0 Å². The van der Waals surface area contributed by atoms with Crippen LogP contribution >= 0.6 is 0 Å². The first kappa shape index (κ1) is 23.3. The summed E-state index contributed by atoms with van der Waals surface area (Å²) in [5, 5.41) is 2.79. The van der Waals surface area contributed by atoms with Crippen LogP contribution in [0.25, 0.3) is 0 Å². The molecule has 0 aliphatic heterocycles. The molecule has 7 heteroatoms. The van der Waals surface area contributed by atoms with Gasteiger partial charge in [-0.05, 0) is 74.4 Å². The maximum absolute atomic E-state index is 13.4. The number of hydrogen-bond donors (Lipinski definition) is 1. The van der Waals surface area contributed by atoms with Crippen molar-refractivity contribution in [1.29, 1.82) is 0 Å². The quantitative estimate of drug-likeness (QED) is 0.506. The molecule has 6 nitrogen and oxygen atoms in total. The third-order valence-corrected chi connectivity index (χ3v) is 6.77. The molecule has 3 aromatic carbocycles. The molecule has 0 radical (unpaired) electrons. The first-order chi connectivity index (χ1) is 15.3. The van der Waals surface area contributed by atoms with Gasteiger partial charge >= 0.3 is 0 Å². The van der Waals surface area contributed by atoms with E-state index < -0.39 is 15.9 Å². The highest BCUT2D eigenvalue weighted by Crippen LogP contribution is 2.26. The largest absolute Gasteiger partial charge is 0.494 e. The molecule has 32 heavy (non-hydrogen) atoms. The molecular formula is C25H28N2O4S. The number of aryl methyl sites for hydroxylation is 2. The number of nitrogens with zero attached hydrogens (tertiary/aromatic N) is 1. The molecule has 3 rings (SSSR count). The first-order valence-electron chi connectivity index (χ1n) is 10.5. The number of ether oxygens (including phenoxy) is 1. The predicted octanol–water partition coefficient (Wildman–Crippen LogP) is 4.79. The molecule has 0 unspecified atom stereocenters. The molecular weight excluding hydrogens is 424 g/mol. The molecule has 0 aliphatic rings. The summed E-state index contributed by atoms with van der Waals surface area (Å²) >= 11 is 0. The van der Waals surface area contributed by atoms with E-state index in [1.807, 2.05) is 38.1 Å². The molecule has 0 aliphatic carbocycles. The molecule has 0 aromatic heterocycles. The van der Waals surface area contributed by atoms with Gasteiger partial charge in [0, 0.05) is 5.69 Å².